The van der Waals surface area contributed by atoms with E-state index < -0.39 is 5.54 Å². The number of nitrogens with one attached hydrogen (secondary N) is 1. The van der Waals surface area contributed by atoms with Gasteiger partial charge in [-0.1, -0.05) is 11.8 Å². The van der Waals surface area contributed by atoms with Crippen molar-refractivity contribution in [1.29, 1.82) is 0 Å². The lowest BCUT2D eigenvalue weighted by Crippen LogP contribution is -2.58. The molecule has 21 heavy (non-hydrogen) atoms. The topological polar surface area (TPSA) is 64.1 Å². The van der Waals surface area contributed by atoms with Gasteiger partial charge in [-0.3, -0.25) is 10.1 Å². The van der Waals surface area contributed by atoms with Crippen LogP contribution >= 0.6 is 23.3 Å². The predicted octanol–water partition coefficient (Wildman–Crippen LogP) is 2.79. The fourth-order valence-electron chi connectivity index (χ4n) is 2.92. The van der Waals surface area contributed by atoms with Gasteiger partial charge in [-0.05, 0) is 58.0 Å². The van der Waals surface area contributed by atoms with E-state index in [2.05, 4.69) is 28.5 Å². The van der Waals surface area contributed by atoms with Crippen molar-refractivity contribution in [3.05, 3.63) is 5.82 Å². The van der Waals surface area contributed by atoms with Crippen LogP contribution in [0.5, 0.6) is 0 Å². The van der Waals surface area contributed by atoms with Crippen molar-refractivity contribution in [1.82, 2.24) is 14.7 Å². The molecule has 118 valence electrons. The maximum atomic E-state index is 12.3. The average Bonchev–Trinajstić information content (AvgIpc) is 2.82. The number of methoxy groups -OCH3 is 1. The number of aromatic nitrogens is 2. The Morgan fingerprint density at radius 3 is 2.90 bits per heavy atom. The van der Waals surface area contributed by atoms with Crippen molar-refractivity contribution >= 4 is 29.3 Å². The third-order valence-corrected chi connectivity index (χ3v) is 5.77. The molecule has 2 atom stereocenters. The highest BCUT2D eigenvalue weighted by Crippen LogP contribution is 2.39. The third-order valence-electron chi connectivity index (χ3n) is 3.62. The number of esters is 1. The molecular weight excluding hydrogens is 306 g/mol. The third kappa shape index (κ3) is 4.17. The van der Waals surface area contributed by atoms with Gasteiger partial charge in [-0.2, -0.15) is 4.37 Å². The number of nitrogens with zero attached hydrogens (tertiary/aromatic N) is 2. The Bertz CT molecular complexity index is 492. The number of ether oxygens (including phenoxy) is 1. The second-order valence-corrected chi connectivity index (χ2v) is 8.12. The van der Waals surface area contributed by atoms with Crippen LogP contribution in [0.15, 0.2) is 4.34 Å². The Morgan fingerprint density at radius 1 is 1.57 bits per heavy atom. The molecule has 5 nitrogen and oxygen atoms in total. The Morgan fingerprint density at radius 2 is 2.33 bits per heavy atom. The summed E-state index contributed by atoms with van der Waals surface area (Å²) >= 11 is 3.18. The molecule has 7 heteroatoms. The summed E-state index contributed by atoms with van der Waals surface area (Å²) in [5, 5.41) is 3.82. The first-order valence-corrected chi connectivity index (χ1v) is 8.93. The van der Waals surface area contributed by atoms with Crippen LogP contribution < -0.4 is 5.32 Å². The smallest absolute Gasteiger partial charge is 0.326 e. The largest absolute Gasteiger partial charge is 0.468 e. The molecule has 1 aromatic heterocycles. The van der Waals surface area contributed by atoms with Crippen molar-refractivity contribution < 1.29 is 9.53 Å². The molecule has 1 N–H and O–H groups in total. The fraction of sp³-hybridized carbons (Fsp3) is 0.786. The molecule has 1 fully saturated rings. The highest BCUT2D eigenvalue weighted by atomic mass is 32.2. The molecule has 0 bridgehead atoms. The second kappa shape index (κ2) is 7.07. The van der Waals surface area contributed by atoms with Crippen LogP contribution in [0.3, 0.4) is 0 Å². The molecule has 0 radical (unpaired) electrons. The van der Waals surface area contributed by atoms with E-state index in [0.29, 0.717) is 5.25 Å². The van der Waals surface area contributed by atoms with Crippen molar-refractivity contribution in [2.24, 2.45) is 0 Å². The van der Waals surface area contributed by atoms with Gasteiger partial charge in [0.15, 0.2) is 4.34 Å². The van der Waals surface area contributed by atoms with E-state index in [1.54, 1.807) is 11.8 Å². The van der Waals surface area contributed by atoms with Crippen molar-refractivity contribution in [2.45, 2.75) is 67.6 Å². The van der Waals surface area contributed by atoms with Gasteiger partial charge in [-0.15, -0.1) is 0 Å². The zero-order valence-electron chi connectivity index (χ0n) is 13.0. The van der Waals surface area contributed by atoms with E-state index in [-0.39, 0.29) is 12.0 Å². The van der Waals surface area contributed by atoms with E-state index in [1.807, 2.05) is 6.92 Å². The van der Waals surface area contributed by atoms with E-state index in [4.69, 9.17) is 4.74 Å². The van der Waals surface area contributed by atoms with Crippen LogP contribution in [-0.4, -0.2) is 39.3 Å². The minimum Gasteiger partial charge on any atom is -0.468 e. The normalized spacial score (nSPS) is 26.0. The highest BCUT2D eigenvalue weighted by Gasteiger charge is 2.44. The van der Waals surface area contributed by atoms with Gasteiger partial charge in [0.2, 0.25) is 0 Å². The molecule has 2 rings (SSSR count). The average molecular weight is 329 g/mol. The van der Waals surface area contributed by atoms with Gasteiger partial charge < -0.3 is 4.74 Å². The van der Waals surface area contributed by atoms with Crippen molar-refractivity contribution in [3.8, 4) is 0 Å². The molecule has 1 aromatic rings. The maximum Gasteiger partial charge on any atom is 0.326 e. The predicted molar refractivity (Wildman–Crippen MR) is 85.8 cm³/mol. The Labute approximate surface area is 134 Å². The van der Waals surface area contributed by atoms with Gasteiger partial charge in [0.1, 0.15) is 11.4 Å². The fourth-order valence-corrected chi connectivity index (χ4v) is 5.16. The number of thioether (sulfide) groups is 1. The molecule has 0 amide bonds. The highest BCUT2D eigenvalue weighted by molar-refractivity contribution is 8.01. The molecule has 1 aliphatic rings. The van der Waals surface area contributed by atoms with E-state index in [9.17, 15) is 4.79 Å². The first-order chi connectivity index (χ1) is 9.95. The lowest BCUT2D eigenvalue weighted by atomic mass is 9.81. The summed E-state index contributed by atoms with van der Waals surface area (Å²) in [6, 6.07) is 0.247. The van der Waals surface area contributed by atoms with Gasteiger partial charge >= 0.3 is 5.97 Å². The molecular formula is C14H23N3O2S2. The molecule has 0 aliphatic heterocycles. The standard InChI is InChI=1S/C14H23N3O2S2/c1-9(2)16-14(12(18)19-4)7-5-6-11(8-14)20-13-15-10(3)17-21-13/h9,11,16H,5-8H2,1-4H3. The van der Waals surface area contributed by atoms with Gasteiger partial charge in [0.05, 0.1) is 7.11 Å². The number of rotatable bonds is 5. The monoisotopic (exact) mass is 329 g/mol. The molecule has 0 aromatic carbocycles. The summed E-state index contributed by atoms with van der Waals surface area (Å²) in [5.74, 6) is 0.674. The maximum absolute atomic E-state index is 12.3. The lowest BCUT2D eigenvalue weighted by Gasteiger charge is -2.40. The van der Waals surface area contributed by atoms with Crippen LogP contribution in [-0.2, 0) is 9.53 Å². The summed E-state index contributed by atoms with van der Waals surface area (Å²) in [7, 11) is 1.47. The number of aryl methyl sites for hydroxylation is 1. The summed E-state index contributed by atoms with van der Waals surface area (Å²) in [6.07, 6.45) is 3.73. The van der Waals surface area contributed by atoms with Crippen LogP contribution in [0.25, 0.3) is 0 Å². The first kappa shape index (κ1) is 16.7. The number of carbonyl (C=O) groups excluding carboxylic acids is 1. The first-order valence-electron chi connectivity index (χ1n) is 7.28. The minimum absolute atomic E-state index is 0.144. The molecule has 0 spiro atoms. The number of hydrogen-bond donors (Lipinski definition) is 1. The summed E-state index contributed by atoms with van der Waals surface area (Å²) in [6.45, 7) is 6.03. The summed E-state index contributed by atoms with van der Waals surface area (Å²) in [4.78, 5) is 16.7. The van der Waals surface area contributed by atoms with E-state index in [1.165, 1.54) is 18.6 Å². The van der Waals surface area contributed by atoms with Crippen molar-refractivity contribution in [3.63, 3.8) is 0 Å². The van der Waals surface area contributed by atoms with Gasteiger partial charge in [0, 0.05) is 11.3 Å². The second-order valence-electron chi connectivity index (χ2n) is 5.82. The van der Waals surface area contributed by atoms with Crippen LogP contribution in [0.1, 0.15) is 45.4 Å². The molecule has 1 heterocycles. The zero-order chi connectivity index (χ0) is 15.5. The van der Waals surface area contributed by atoms with E-state index >= 15 is 0 Å². The molecule has 1 saturated carbocycles. The number of hydrogen-bond acceptors (Lipinski definition) is 7. The van der Waals surface area contributed by atoms with Crippen LogP contribution in [0.4, 0.5) is 0 Å². The molecule has 1 aliphatic carbocycles. The number of carbonyl (C=O) groups is 1. The zero-order valence-corrected chi connectivity index (χ0v) is 14.6. The van der Waals surface area contributed by atoms with E-state index in [0.717, 1.165) is 35.8 Å². The Balaban J connectivity index is 2.10. The lowest BCUT2D eigenvalue weighted by molar-refractivity contribution is -0.150. The van der Waals surface area contributed by atoms with Gasteiger partial charge in [0.25, 0.3) is 0 Å². The molecule has 2 unspecified atom stereocenters. The minimum atomic E-state index is -0.557. The molecule has 0 saturated heterocycles. The Hall–Kier alpha value is -0.660. The quantitative estimate of drug-likeness (QED) is 0.838. The van der Waals surface area contributed by atoms with Crippen LogP contribution in [0.2, 0.25) is 0 Å². The SMILES string of the molecule is COC(=O)C1(NC(C)C)CCCC(Sc2nc(C)ns2)C1. The van der Waals surface area contributed by atoms with Gasteiger partial charge in [-0.25, -0.2) is 4.98 Å². The van der Waals surface area contributed by atoms with Crippen molar-refractivity contribution in [2.75, 3.05) is 7.11 Å². The Kier molecular flexibility index (Phi) is 5.62. The van der Waals surface area contributed by atoms with Crippen LogP contribution in [0, 0.1) is 6.92 Å². The summed E-state index contributed by atoms with van der Waals surface area (Å²) in [5.41, 5.74) is -0.557. The summed E-state index contributed by atoms with van der Waals surface area (Å²) < 4.78 is 10.3.